The number of hydrogen-bond acceptors (Lipinski definition) is 5. The van der Waals surface area contributed by atoms with Gasteiger partial charge in [0.15, 0.2) is 5.13 Å². The maximum atomic E-state index is 12.4. The molecule has 1 unspecified atom stereocenters. The molecule has 134 valence electrons. The van der Waals surface area contributed by atoms with Gasteiger partial charge in [-0.25, -0.2) is 4.98 Å². The standard InChI is InChI=1S/C19H21N5OS/c1-12-8-13-4-2-3-5-17(13)24(12)7-6-21-18(25)15-9-14(10-22-15)16-11-26-19(20)23-16/h2-5,9-12,22H,6-8H2,1H3,(H2,20,23)(H,21,25). The molecule has 2 aromatic heterocycles. The molecular weight excluding hydrogens is 346 g/mol. The summed E-state index contributed by atoms with van der Waals surface area (Å²) in [7, 11) is 0. The molecule has 6 nitrogen and oxygen atoms in total. The number of nitrogens with zero attached hydrogens (tertiary/aromatic N) is 2. The molecule has 3 heterocycles. The van der Waals surface area contributed by atoms with Gasteiger partial charge < -0.3 is 20.9 Å². The number of nitrogens with two attached hydrogens (primary N) is 1. The second-order valence-electron chi connectivity index (χ2n) is 6.50. The van der Waals surface area contributed by atoms with Gasteiger partial charge in [-0.2, -0.15) is 0 Å². The molecule has 0 fully saturated rings. The van der Waals surface area contributed by atoms with Crippen molar-refractivity contribution in [3.63, 3.8) is 0 Å². The summed E-state index contributed by atoms with van der Waals surface area (Å²) < 4.78 is 0. The lowest BCUT2D eigenvalue weighted by atomic mass is 10.1. The number of para-hydroxylation sites is 1. The number of benzene rings is 1. The van der Waals surface area contributed by atoms with Gasteiger partial charge in [0.1, 0.15) is 5.69 Å². The molecule has 4 N–H and O–H groups in total. The lowest BCUT2D eigenvalue weighted by Crippen LogP contribution is -2.37. The summed E-state index contributed by atoms with van der Waals surface area (Å²) >= 11 is 1.39. The SMILES string of the molecule is CC1Cc2ccccc2N1CCNC(=O)c1cc(-c2csc(N)n2)c[nH]1. The van der Waals surface area contributed by atoms with E-state index in [4.69, 9.17) is 5.73 Å². The Morgan fingerprint density at radius 3 is 3.12 bits per heavy atom. The number of H-pyrrole nitrogens is 1. The van der Waals surface area contributed by atoms with Crippen LogP contribution in [0.25, 0.3) is 11.3 Å². The van der Waals surface area contributed by atoms with Crippen LogP contribution in [0.2, 0.25) is 0 Å². The predicted molar refractivity (Wildman–Crippen MR) is 106 cm³/mol. The van der Waals surface area contributed by atoms with E-state index in [1.54, 1.807) is 12.3 Å². The summed E-state index contributed by atoms with van der Waals surface area (Å²) in [6.07, 6.45) is 2.84. The fraction of sp³-hybridized carbons (Fsp3) is 0.263. The Hall–Kier alpha value is -2.80. The highest BCUT2D eigenvalue weighted by Crippen LogP contribution is 2.31. The number of rotatable bonds is 5. The molecule has 4 rings (SSSR count). The van der Waals surface area contributed by atoms with Gasteiger partial charge in [-0.15, -0.1) is 11.3 Å². The van der Waals surface area contributed by atoms with Gasteiger partial charge in [-0.3, -0.25) is 4.79 Å². The number of thiazole rings is 1. The van der Waals surface area contributed by atoms with Crippen LogP contribution in [0.1, 0.15) is 23.0 Å². The average molecular weight is 367 g/mol. The van der Waals surface area contributed by atoms with Crippen molar-refractivity contribution in [3.05, 3.63) is 53.2 Å². The minimum atomic E-state index is -0.111. The van der Waals surface area contributed by atoms with Gasteiger partial charge in [0.2, 0.25) is 0 Å². The minimum absolute atomic E-state index is 0.111. The van der Waals surface area contributed by atoms with Gasteiger partial charge in [-0.1, -0.05) is 18.2 Å². The van der Waals surface area contributed by atoms with Gasteiger partial charge in [0.05, 0.1) is 5.69 Å². The van der Waals surface area contributed by atoms with E-state index in [-0.39, 0.29) is 5.91 Å². The second-order valence-corrected chi connectivity index (χ2v) is 7.39. The van der Waals surface area contributed by atoms with Crippen molar-refractivity contribution in [1.29, 1.82) is 0 Å². The first kappa shape index (κ1) is 16.7. The minimum Gasteiger partial charge on any atom is -0.375 e. The Labute approximate surface area is 156 Å². The Morgan fingerprint density at radius 2 is 2.31 bits per heavy atom. The number of nitrogens with one attached hydrogen (secondary N) is 2. The number of aromatic amines is 1. The summed E-state index contributed by atoms with van der Waals surface area (Å²) in [6, 6.07) is 10.7. The normalized spacial score (nSPS) is 15.9. The number of aromatic nitrogens is 2. The van der Waals surface area contributed by atoms with E-state index in [9.17, 15) is 4.79 Å². The summed E-state index contributed by atoms with van der Waals surface area (Å²) in [6.45, 7) is 3.61. The van der Waals surface area contributed by atoms with Crippen LogP contribution < -0.4 is 16.0 Å². The molecule has 1 amide bonds. The number of carbonyl (C=O) groups excluding carboxylic acids is 1. The molecule has 0 bridgehead atoms. The van der Waals surface area contributed by atoms with Crippen LogP contribution >= 0.6 is 11.3 Å². The third-order valence-electron chi connectivity index (χ3n) is 4.73. The zero-order valence-electron chi connectivity index (χ0n) is 14.5. The third-order valence-corrected chi connectivity index (χ3v) is 5.41. The highest BCUT2D eigenvalue weighted by atomic mass is 32.1. The first-order valence-electron chi connectivity index (χ1n) is 8.64. The molecule has 0 saturated carbocycles. The molecule has 0 radical (unpaired) electrons. The highest BCUT2D eigenvalue weighted by molar-refractivity contribution is 7.13. The number of fused-ring (bicyclic) bond motifs is 1. The van der Waals surface area contributed by atoms with E-state index in [1.165, 1.54) is 22.6 Å². The van der Waals surface area contributed by atoms with Crippen LogP contribution in [0.15, 0.2) is 41.9 Å². The van der Waals surface area contributed by atoms with Crippen LogP contribution in [0, 0.1) is 0 Å². The van der Waals surface area contributed by atoms with E-state index < -0.39 is 0 Å². The molecule has 1 aromatic carbocycles. The van der Waals surface area contributed by atoms with E-state index >= 15 is 0 Å². The number of carbonyl (C=O) groups is 1. The van der Waals surface area contributed by atoms with Crippen LogP contribution in [0.3, 0.4) is 0 Å². The predicted octanol–water partition coefficient (Wildman–Crippen LogP) is 2.90. The van der Waals surface area contributed by atoms with E-state index in [0.717, 1.165) is 24.2 Å². The quantitative estimate of drug-likeness (QED) is 0.647. The molecule has 3 aromatic rings. The molecule has 1 aliphatic rings. The topological polar surface area (TPSA) is 87.0 Å². The smallest absolute Gasteiger partial charge is 0.267 e. The fourth-order valence-electron chi connectivity index (χ4n) is 3.45. The molecular formula is C19H21N5OS. The molecule has 0 spiro atoms. The van der Waals surface area contributed by atoms with E-state index in [2.05, 4.69) is 51.4 Å². The molecule has 1 aliphatic heterocycles. The van der Waals surface area contributed by atoms with Crippen molar-refractivity contribution >= 4 is 28.1 Å². The van der Waals surface area contributed by atoms with Crippen molar-refractivity contribution in [2.75, 3.05) is 23.7 Å². The first-order valence-corrected chi connectivity index (χ1v) is 9.52. The van der Waals surface area contributed by atoms with Crippen molar-refractivity contribution in [1.82, 2.24) is 15.3 Å². The van der Waals surface area contributed by atoms with Gasteiger partial charge >= 0.3 is 0 Å². The largest absolute Gasteiger partial charge is 0.375 e. The van der Waals surface area contributed by atoms with Crippen LogP contribution in [-0.4, -0.2) is 35.0 Å². The van der Waals surface area contributed by atoms with Crippen LogP contribution in [0.4, 0.5) is 10.8 Å². The van der Waals surface area contributed by atoms with Gasteiger partial charge in [-0.05, 0) is 31.0 Å². The molecule has 7 heteroatoms. The summed E-state index contributed by atoms with van der Waals surface area (Å²) in [5.41, 5.74) is 10.5. The maximum Gasteiger partial charge on any atom is 0.267 e. The van der Waals surface area contributed by atoms with Gasteiger partial charge in [0, 0.05) is 42.0 Å². The second kappa shape index (κ2) is 6.84. The van der Waals surface area contributed by atoms with Crippen molar-refractivity contribution in [3.8, 4) is 11.3 Å². The Morgan fingerprint density at radius 1 is 1.46 bits per heavy atom. The number of amides is 1. The zero-order chi connectivity index (χ0) is 18.1. The molecule has 1 atom stereocenters. The number of anilines is 2. The fourth-order valence-corrected chi connectivity index (χ4v) is 4.02. The Bertz CT molecular complexity index is 931. The maximum absolute atomic E-state index is 12.4. The Balaban J connectivity index is 1.36. The molecule has 0 aliphatic carbocycles. The summed E-state index contributed by atoms with van der Waals surface area (Å²) in [4.78, 5) is 22.0. The highest BCUT2D eigenvalue weighted by Gasteiger charge is 2.25. The summed E-state index contributed by atoms with van der Waals surface area (Å²) in [5, 5.41) is 5.39. The third kappa shape index (κ3) is 3.17. The number of hydrogen-bond donors (Lipinski definition) is 3. The van der Waals surface area contributed by atoms with Crippen LogP contribution in [0.5, 0.6) is 0 Å². The lowest BCUT2D eigenvalue weighted by Gasteiger charge is -2.24. The number of nitrogen functional groups attached to an aromatic ring is 1. The zero-order valence-corrected chi connectivity index (χ0v) is 15.3. The van der Waals surface area contributed by atoms with E-state index in [1.807, 2.05) is 5.38 Å². The average Bonchev–Trinajstić information content (AvgIpc) is 3.34. The molecule has 26 heavy (non-hydrogen) atoms. The summed E-state index contributed by atoms with van der Waals surface area (Å²) in [5.74, 6) is -0.111. The van der Waals surface area contributed by atoms with E-state index in [0.29, 0.717) is 23.4 Å². The molecule has 0 saturated heterocycles. The van der Waals surface area contributed by atoms with Gasteiger partial charge in [0.25, 0.3) is 5.91 Å². The first-order chi connectivity index (χ1) is 12.6. The van der Waals surface area contributed by atoms with Crippen LogP contribution in [-0.2, 0) is 6.42 Å². The van der Waals surface area contributed by atoms with Crippen molar-refractivity contribution < 1.29 is 4.79 Å². The van der Waals surface area contributed by atoms with Crippen molar-refractivity contribution in [2.45, 2.75) is 19.4 Å². The lowest BCUT2D eigenvalue weighted by molar-refractivity contribution is 0.0950. The Kier molecular flexibility index (Phi) is 4.38. The van der Waals surface area contributed by atoms with Crippen molar-refractivity contribution in [2.24, 2.45) is 0 Å². The monoisotopic (exact) mass is 367 g/mol.